The molecule has 0 saturated carbocycles. The summed E-state index contributed by atoms with van der Waals surface area (Å²) in [6.07, 6.45) is 4.27. The molecule has 2 aromatic heterocycles. The summed E-state index contributed by atoms with van der Waals surface area (Å²) in [5.41, 5.74) is 3.65. The standard InChI is InChI=1S/C27H27N3O4.2ClH/c1-5-6-24-22-15-26(33-4)25(32-3)14-21(22)19(16-29-24)12-18-11-17-13-20(31-2)7-8-23(17)30-27(18)34-10-9-28;;/h7-8,11,13-16H,5-6,10,12H2,1-4H3;2*1H. The molecule has 0 aliphatic heterocycles. The van der Waals surface area contributed by atoms with E-state index in [1.165, 1.54) is 0 Å². The number of benzene rings is 2. The summed E-state index contributed by atoms with van der Waals surface area (Å²) >= 11 is 0. The van der Waals surface area contributed by atoms with Crippen molar-refractivity contribution in [2.75, 3.05) is 27.9 Å². The van der Waals surface area contributed by atoms with Crippen LogP contribution in [0.4, 0.5) is 0 Å². The van der Waals surface area contributed by atoms with Gasteiger partial charge >= 0.3 is 0 Å². The lowest BCUT2D eigenvalue weighted by molar-refractivity contribution is 0.351. The highest BCUT2D eigenvalue weighted by Crippen LogP contribution is 2.36. The van der Waals surface area contributed by atoms with Crippen LogP contribution in [-0.4, -0.2) is 37.9 Å². The minimum Gasteiger partial charge on any atom is -0.497 e. The van der Waals surface area contributed by atoms with Gasteiger partial charge in [0.2, 0.25) is 5.88 Å². The van der Waals surface area contributed by atoms with E-state index in [9.17, 15) is 0 Å². The first-order valence-electron chi connectivity index (χ1n) is 11.1. The average Bonchev–Trinajstić information content (AvgIpc) is 2.87. The number of halogens is 2. The van der Waals surface area contributed by atoms with Crippen molar-refractivity contribution in [2.45, 2.75) is 26.2 Å². The second kappa shape index (κ2) is 13.0. The smallest absolute Gasteiger partial charge is 0.218 e. The summed E-state index contributed by atoms with van der Waals surface area (Å²) in [4.78, 5) is 9.45. The Morgan fingerprint density at radius 1 is 0.889 bits per heavy atom. The van der Waals surface area contributed by atoms with Crippen LogP contribution in [0.15, 0.2) is 42.6 Å². The van der Waals surface area contributed by atoms with Gasteiger partial charge in [-0.05, 0) is 53.8 Å². The lowest BCUT2D eigenvalue weighted by Gasteiger charge is -2.16. The molecule has 0 bridgehead atoms. The van der Waals surface area contributed by atoms with Gasteiger partial charge in [0.25, 0.3) is 0 Å². The number of fused-ring (bicyclic) bond motifs is 2. The summed E-state index contributed by atoms with van der Waals surface area (Å²) in [7, 11) is 4.90. The molecule has 7 nitrogen and oxygen atoms in total. The number of nitriles is 1. The highest BCUT2D eigenvalue weighted by molar-refractivity contribution is 5.91. The predicted octanol–water partition coefficient (Wildman–Crippen LogP) is 6.10. The van der Waals surface area contributed by atoms with Crippen LogP contribution < -0.4 is 18.9 Å². The van der Waals surface area contributed by atoms with E-state index in [-0.39, 0.29) is 31.4 Å². The summed E-state index contributed by atoms with van der Waals surface area (Å²) < 4.78 is 22.2. The Balaban J connectivity index is 0.00000228. The largest absolute Gasteiger partial charge is 0.497 e. The number of rotatable bonds is 9. The Bertz CT molecular complexity index is 1390. The minimum absolute atomic E-state index is 0. The van der Waals surface area contributed by atoms with Gasteiger partial charge in [-0.25, -0.2) is 4.98 Å². The van der Waals surface area contributed by atoms with E-state index >= 15 is 0 Å². The summed E-state index contributed by atoms with van der Waals surface area (Å²) in [5.74, 6) is 2.51. The molecule has 0 unspecified atom stereocenters. The maximum absolute atomic E-state index is 9.06. The van der Waals surface area contributed by atoms with Crippen molar-refractivity contribution in [2.24, 2.45) is 0 Å². The molecule has 0 radical (unpaired) electrons. The van der Waals surface area contributed by atoms with E-state index in [0.29, 0.717) is 23.8 Å². The molecule has 190 valence electrons. The fraction of sp³-hybridized carbons (Fsp3) is 0.296. The average molecular weight is 530 g/mol. The van der Waals surface area contributed by atoms with Gasteiger partial charge in [0.05, 0.1) is 26.8 Å². The van der Waals surface area contributed by atoms with Crippen molar-refractivity contribution in [3.05, 3.63) is 59.4 Å². The molecule has 0 amide bonds. The van der Waals surface area contributed by atoms with Crippen LogP contribution in [-0.2, 0) is 12.8 Å². The Labute approximate surface area is 223 Å². The molecular formula is C27H29Cl2N3O4. The fourth-order valence-corrected chi connectivity index (χ4v) is 4.12. The molecule has 9 heteroatoms. The summed E-state index contributed by atoms with van der Waals surface area (Å²) in [6.45, 7) is 2.05. The van der Waals surface area contributed by atoms with Crippen LogP contribution in [0, 0.1) is 11.3 Å². The van der Waals surface area contributed by atoms with Gasteiger partial charge in [-0.15, -0.1) is 24.8 Å². The molecule has 2 aromatic carbocycles. The maximum atomic E-state index is 9.06. The van der Waals surface area contributed by atoms with Crippen LogP contribution >= 0.6 is 24.8 Å². The van der Waals surface area contributed by atoms with E-state index in [0.717, 1.165) is 57.1 Å². The van der Waals surface area contributed by atoms with Gasteiger partial charge in [0, 0.05) is 34.6 Å². The third-order valence-electron chi connectivity index (χ3n) is 5.76. The molecule has 4 rings (SSSR count). The van der Waals surface area contributed by atoms with Crippen molar-refractivity contribution in [1.82, 2.24) is 9.97 Å². The number of ether oxygens (including phenoxy) is 4. The molecule has 0 aliphatic rings. The number of pyridine rings is 2. The summed E-state index contributed by atoms with van der Waals surface area (Å²) in [6, 6.07) is 13.7. The lowest BCUT2D eigenvalue weighted by atomic mass is 9.97. The van der Waals surface area contributed by atoms with Crippen LogP contribution in [0.2, 0.25) is 0 Å². The van der Waals surface area contributed by atoms with Gasteiger partial charge in [-0.3, -0.25) is 4.98 Å². The van der Waals surface area contributed by atoms with Crippen LogP contribution in [0.5, 0.6) is 23.1 Å². The zero-order chi connectivity index (χ0) is 24.1. The molecule has 2 heterocycles. The topological polar surface area (TPSA) is 86.5 Å². The van der Waals surface area contributed by atoms with Gasteiger partial charge in [-0.2, -0.15) is 5.26 Å². The first-order valence-corrected chi connectivity index (χ1v) is 11.1. The van der Waals surface area contributed by atoms with Crippen molar-refractivity contribution in [3.63, 3.8) is 0 Å². The first kappa shape index (κ1) is 28.8. The second-order valence-electron chi connectivity index (χ2n) is 7.87. The number of aromatic nitrogens is 2. The number of methoxy groups -OCH3 is 3. The molecule has 0 spiro atoms. The lowest BCUT2D eigenvalue weighted by Crippen LogP contribution is -2.04. The van der Waals surface area contributed by atoms with Crippen molar-refractivity contribution in [3.8, 4) is 29.2 Å². The Kier molecular flexibility index (Phi) is 10.4. The zero-order valence-electron chi connectivity index (χ0n) is 20.7. The molecule has 4 aromatic rings. The zero-order valence-corrected chi connectivity index (χ0v) is 22.3. The van der Waals surface area contributed by atoms with Crippen LogP contribution in [0.3, 0.4) is 0 Å². The van der Waals surface area contributed by atoms with E-state index in [1.807, 2.05) is 48.7 Å². The van der Waals surface area contributed by atoms with E-state index in [4.69, 9.17) is 29.2 Å². The molecule has 0 N–H and O–H groups in total. The maximum Gasteiger partial charge on any atom is 0.218 e. The summed E-state index contributed by atoms with van der Waals surface area (Å²) in [5, 5.41) is 12.1. The van der Waals surface area contributed by atoms with Gasteiger partial charge in [-0.1, -0.05) is 13.3 Å². The van der Waals surface area contributed by atoms with Gasteiger partial charge in [0.1, 0.15) is 11.8 Å². The van der Waals surface area contributed by atoms with E-state index in [2.05, 4.69) is 11.9 Å². The molecule has 0 saturated heterocycles. The quantitative estimate of drug-likeness (QED) is 0.259. The fourth-order valence-electron chi connectivity index (χ4n) is 4.12. The highest BCUT2D eigenvalue weighted by atomic mass is 35.5. The van der Waals surface area contributed by atoms with Gasteiger partial charge < -0.3 is 18.9 Å². The SMILES string of the molecule is CCCc1ncc(Cc2cc3cc(OC)ccc3nc2OCC#N)c2cc(OC)c(OC)cc12.Cl.Cl. The molecule has 0 atom stereocenters. The van der Waals surface area contributed by atoms with E-state index < -0.39 is 0 Å². The number of aryl methyl sites for hydroxylation is 1. The number of hydrogen-bond acceptors (Lipinski definition) is 7. The minimum atomic E-state index is -0.0822. The van der Waals surface area contributed by atoms with Crippen molar-refractivity contribution >= 4 is 46.5 Å². The molecule has 0 fully saturated rings. The Morgan fingerprint density at radius 2 is 1.61 bits per heavy atom. The van der Waals surface area contributed by atoms with E-state index in [1.54, 1.807) is 21.3 Å². The Hall–Kier alpha value is -3.47. The number of hydrogen-bond donors (Lipinski definition) is 0. The van der Waals surface area contributed by atoms with Crippen LogP contribution in [0.25, 0.3) is 21.7 Å². The third-order valence-corrected chi connectivity index (χ3v) is 5.76. The first-order chi connectivity index (χ1) is 16.6. The van der Waals surface area contributed by atoms with Gasteiger partial charge in [0.15, 0.2) is 18.1 Å². The second-order valence-corrected chi connectivity index (χ2v) is 7.87. The number of nitrogens with zero attached hydrogens (tertiary/aromatic N) is 3. The molecular weight excluding hydrogens is 501 g/mol. The normalized spacial score (nSPS) is 10.2. The third kappa shape index (κ3) is 5.84. The van der Waals surface area contributed by atoms with Crippen molar-refractivity contribution in [1.29, 1.82) is 5.26 Å². The Morgan fingerprint density at radius 3 is 2.25 bits per heavy atom. The molecule has 0 aliphatic carbocycles. The highest BCUT2D eigenvalue weighted by Gasteiger charge is 2.16. The van der Waals surface area contributed by atoms with Crippen LogP contribution in [0.1, 0.15) is 30.2 Å². The monoisotopic (exact) mass is 529 g/mol. The molecule has 36 heavy (non-hydrogen) atoms. The predicted molar refractivity (Wildman–Crippen MR) is 146 cm³/mol. The van der Waals surface area contributed by atoms with Crippen molar-refractivity contribution < 1.29 is 18.9 Å².